The van der Waals surface area contributed by atoms with Gasteiger partial charge in [-0.1, -0.05) is 18.2 Å². The predicted molar refractivity (Wildman–Crippen MR) is 114 cm³/mol. The minimum Gasteiger partial charge on any atom is -0.454 e. The molecule has 1 aliphatic carbocycles. The van der Waals surface area contributed by atoms with Gasteiger partial charge >= 0.3 is 0 Å². The number of amides is 1. The second-order valence-corrected chi connectivity index (χ2v) is 9.34. The fraction of sp³-hybridized carbons (Fsp3) is 0.480. The lowest BCUT2D eigenvalue weighted by Crippen LogP contribution is -2.38. The molecule has 0 atom stereocenters. The molecule has 0 N–H and O–H groups in total. The van der Waals surface area contributed by atoms with Gasteiger partial charge in [-0.2, -0.15) is 0 Å². The number of likely N-dealkylation sites (tertiary alicyclic amines) is 1. The first kappa shape index (κ1) is 19.1. The maximum Gasteiger partial charge on any atom is 0.255 e. The summed E-state index contributed by atoms with van der Waals surface area (Å²) in [5.74, 6) is 2.09. The fourth-order valence-electron chi connectivity index (χ4n) is 5.57. The summed E-state index contributed by atoms with van der Waals surface area (Å²) in [6.07, 6.45) is 5.31. The number of hydrogen-bond acceptors (Lipinski definition) is 4. The molecule has 0 bridgehead atoms. The topological polar surface area (TPSA) is 42.0 Å². The van der Waals surface area contributed by atoms with Crippen LogP contribution in [0, 0.1) is 11.7 Å². The van der Waals surface area contributed by atoms with Crippen LogP contribution in [0.25, 0.3) is 0 Å². The van der Waals surface area contributed by atoms with E-state index < -0.39 is 0 Å². The standard InChI is InChI=1S/C25H27FN2O3/c26-21-4-2-1-3-18(21)15-27-10-5-17(6-11-27)7-12-28-24(29)19-13-22-23(31-16-30-22)14-20(19)25(28)8-9-25/h1-4,13-14,17H,5-12,15-16H2. The highest BCUT2D eigenvalue weighted by molar-refractivity contribution is 6.01. The third-order valence-electron chi connectivity index (χ3n) is 7.55. The molecule has 5 nitrogen and oxygen atoms in total. The first-order chi connectivity index (χ1) is 15.1. The minimum atomic E-state index is -0.117. The van der Waals surface area contributed by atoms with Gasteiger partial charge in [-0.15, -0.1) is 0 Å². The van der Waals surface area contributed by atoms with Crippen LogP contribution in [-0.2, 0) is 12.1 Å². The summed E-state index contributed by atoms with van der Waals surface area (Å²) >= 11 is 0. The molecule has 1 amide bonds. The predicted octanol–water partition coefficient (Wildman–Crippen LogP) is 4.30. The molecule has 2 aromatic rings. The lowest BCUT2D eigenvalue weighted by Gasteiger charge is -2.33. The average molecular weight is 423 g/mol. The van der Waals surface area contributed by atoms with Gasteiger partial charge in [-0.05, 0) is 74.9 Å². The molecule has 2 fully saturated rings. The normalized spacial score (nSPS) is 21.7. The highest BCUT2D eigenvalue weighted by Crippen LogP contribution is 2.58. The van der Waals surface area contributed by atoms with Crippen molar-refractivity contribution in [3.63, 3.8) is 0 Å². The smallest absolute Gasteiger partial charge is 0.255 e. The number of nitrogens with zero attached hydrogens (tertiary/aromatic N) is 2. The molecule has 1 saturated heterocycles. The Morgan fingerprint density at radius 1 is 1.06 bits per heavy atom. The number of ether oxygens (including phenoxy) is 2. The van der Waals surface area contributed by atoms with E-state index in [9.17, 15) is 9.18 Å². The van der Waals surface area contributed by atoms with Gasteiger partial charge in [-0.3, -0.25) is 9.69 Å². The Bertz CT molecular complexity index is 1030. The van der Waals surface area contributed by atoms with Crippen molar-refractivity contribution in [3.8, 4) is 11.5 Å². The van der Waals surface area contributed by atoms with Crippen LogP contribution in [0.1, 0.15) is 53.6 Å². The Labute approximate surface area is 181 Å². The summed E-state index contributed by atoms with van der Waals surface area (Å²) in [6, 6.07) is 11.0. The van der Waals surface area contributed by atoms with Crippen molar-refractivity contribution >= 4 is 5.91 Å². The van der Waals surface area contributed by atoms with E-state index in [0.29, 0.717) is 18.2 Å². The highest BCUT2D eigenvalue weighted by atomic mass is 19.1. The minimum absolute atomic E-state index is 0.112. The number of hydrogen-bond donors (Lipinski definition) is 0. The molecule has 0 unspecified atom stereocenters. The SMILES string of the molecule is O=C1c2cc3c(cc2C2(CC2)N1CCC1CCN(Cc2ccccc2F)CC1)OCO3. The summed E-state index contributed by atoms with van der Waals surface area (Å²) < 4.78 is 25.0. The second-order valence-electron chi connectivity index (χ2n) is 9.34. The number of piperidine rings is 1. The molecule has 3 aliphatic heterocycles. The molecule has 6 rings (SSSR count). The summed E-state index contributed by atoms with van der Waals surface area (Å²) in [7, 11) is 0. The van der Waals surface area contributed by atoms with E-state index in [0.717, 1.165) is 74.2 Å². The molecular formula is C25H27FN2O3. The van der Waals surface area contributed by atoms with E-state index in [-0.39, 0.29) is 24.1 Å². The first-order valence-electron chi connectivity index (χ1n) is 11.4. The molecule has 1 saturated carbocycles. The zero-order chi connectivity index (χ0) is 21.0. The largest absolute Gasteiger partial charge is 0.454 e. The lowest BCUT2D eigenvalue weighted by molar-refractivity contribution is 0.0671. The molecule has 162 valence electrons. The van der Waals surface area contributed by atoms with Gasteiger partial charge < -0.3 is 14.4 Å². The van der Waals surface area contributed by atoms with Crippen LogP contribution in [0.5, 0.6) is 11.5 Å². The monoisotopic (exact) mass is 422 g/mol. The molecule has 0 radical (unpaired) electrons. The van der Waals surface area contributed by atoms with Gasteiger partial charge in [0.05, 0.1) is 5.54 Å². The average Bonchev–Trinajstić information content (AvgIpc) is 3.39. The molecule has 4 aliphatic rings. The second kappa shape index (κ2) is 7.23. The van der Waals surface area contributed by atoms with E-state index >= 15 is 0 Å². The van der Waals surface area contributed by atoms with E-state index in [1.165, 1.54) is 6.07 Å². The maximum absolute atomic E-state index is 13.9. The third kappa shape index (κ3) is 3.19. The highest BCUT2D eigenvalue weighted by Gasteiger charge is 2.58. The van der Waals surface area contributed by atoms with Crippen LogP contribution >= 0.6 is 0 Å². The van der Waals surface area contributed by atoms with E-state index in [4.69, 9.17) is 9.47 Å². The Kier molecular flexibility index (Phi) is 4.46. The maximum atomic E-state index is 13.9. The molecule has 6 heteroatoms. The zero-order valence-electron chi connectivity index (χ0n) is 17.6. The van der Waals surface area contributed by atoms with Gasteiger partial charge in [0.25, 0.3) is 5.91 Å². The number of fused-ring (bicyclic) bond motifs is 3. The number of rotatable bonds is 5. The van der Waals surface area contributed by atoms with Crippen molar-refractivity contribution in [1.29, 1.82) is 0 Å². The number of halogens is 1. The third-order valence-corrected chi connectivity index (χ3v) is 7.55. The van der Waals surface area contributed by atoms with E-state index in [1.807, 2.05) is 24.3 Å². The lowest BCUT2D eigenvalue weighted by atomic mass is 9.92. The molecule has 1 spiro atoms. The molecule has 3 heterocycles. The van der Waals surface area contributed by atoms with Crippen LogP contribution in [0.3, 0.4) is 0 Å². The van der Waals surface area contributed by atoms with Gasteiger partial charge in [0.1, 0.15) is 5.82 Å². The Morgan fingerprint density at radius 2 is 1.81 bits per heavy atom. The van der Waals surface area contributed by atoms with Crippen LogP contribution in [0.15, 0.2) is 36.4 Å². The van der Waals surface area contributed by atoms with Crippen molar-refractivity contribution in [1.82, 2.24) is 9.80 Å². The zero-order valence-corrected chi connectivity index (χ0v) is 17.6. The Morgan fingerprint density at radius 3 is 2.55 bits per heavy atom. The van der Waals surface area contributed by atoms with Gasteiger partial charge in [0.2, 0.25) is 6.79 Å². The van der Waals surface area contributed by atoms with Gasteiger partial charge in [0, 0.05) is 24.2 Å². The summed E-state index contributed by atoms with van der Waals surface area (Å²) in [6.45, 7) is 3.69. The summed E-state index contributed by atoms with van der Waals surface area (Å²) in [4.78, 5) is 17.7. The molecule has 31 heavy (non-hydrogen) atoms. The molecule has 2 aromatic carbocycles. The van der Waals surface area contributed by atoms with Crippen molar-refractivity contribution in [2.24, 2.45) is 5.92 Å². The van der Waals surface area contributed by atoms with Crippen molar-refractivity contribution in [2.45, 2.75) is 44.2 Å². The van der Waals surface area contributed by atoms with Gasteiger partial charge in [-0.25, -0.2) is 4.39 Å². The van der Waals surface area contributed by atoms with Crippen molar-refractivity contribution in [2.75, 3.05) is 26.4 Å². The number of carbonyl (C=O) groups is 1. The van der Waals surface area contributed by atoms with Crippen molar-refractivity contribution in [3.05, 3.63) is 58.9 Å². The van der Waals surface area contributed by atoms with E-state index in [1.54, 1.807) is 6.07 Å². The van der Waals surface area contributed by atoms with E-state index in [2.05, 4.69) is 9.80 Å². The van der Waals surface area contributed by atoms with Crippen LogP contribution < -0.4 is 9.47 Å². The number of benzene rings is 2. The fourth-order valence-corrected chi connectivity index (χ4v) is 5.57. The quantitative estimate of drug-likeness (QED) is 0.721. The van der Waals surface area contributed by atoms with Crippen LogP contribution in [0.2, 0.25) is 0 Å². The van der Waals surface area contributed by atoms with Gasteiger partial charge in [0.15, 0.2) is 11.5 Å². The Hall–Kier alpha value is -2.60. The molecular weight excluding hydrogens is 395 g/mol. The first-order valence-corrected chi connectivity index (χ1v) is 11.4. The summed E-state index contributed by atoms with van der Waals surface area (Å²) in [5, 5.41) is 0. The molecule has 0 aromatic heterocycles. The number of carbonyl (C=O) groups excluding carboxylic acids is 1. The van der Waals surface area contributed by atoms with Crippen LogP contribution in [-0.4, -0.2) is 42.1 Å². The summed E-state index contributed by atoms with van der Waals surface area (Å²) in [5.41, 5.74) is 2.58. The van der Waals surface area contributed by atoms with Crippen LogP contribution in [0.4, 0.5) is 4.39 Å². The van der Waals surface area contributed by atoms with Crippen molar-refractivity contribution < 1.29 is 18.7 Å². The Balaban J connectivity index is 1.07.